The van der Waals surface area contributed by atoms with Crippen LogP contribution in [0, 0.1) is 23.2 Å². The Morgan fingerprint density at radius 1 is 0.906 bits per heavy atom. The average Bonchev–Trinajstić information content (AvgIpc) is 3.39. The number of aryl methyl sites for hydroxylation is 1. The number of nitrogens with zero attached hydrogens (tertiary/aromatic N) is 1. The first kappa shape index (κ1) is 45.2. The van der Waals surface area contributed by atoms with E-state index in [2.05, 4.69) is 49.4 Å². The van der Waals surface area contributed by atoms with Crippen molar-refractivity contribution in [1.82, 2.24) is 4.90 Å². The zero-order chi connectivity index (χ0) is 38.3. The maximum atomic E-state index is 12.9. The Labute approximate surface area is 327 Å². The molecule has 7 heteroatoms. The molecule has 6 atom stereocenters. The number of aliphatic hydroxyl groups excluding tert-OH is 2. The lowest BCUT2D eigenvalue weighted by Gasteiger charge is -2.45. The minimum absolute atomic E-state index is 0.0317. The van der Waals surface area contributed by atoms with Gasteiger partial charge in [-0.3, -0.25) is 9.59 Å². The monoisotopic (exact) mass is 756 g/mol. The number of unbranched alkanes of at least 4 members (excludes halogenated alkanes) is 12. The van der Waals surface area contributed by atoms with Crippen LogP contribution in [0.3, 0.4) is 0 Å². The van der Waals surface area contributed by atoms with Crippen LogP contribution in [-0.4, -0.2) is 63.3 Å². The molecule has 6 nitrogen and oxygen atoms in total. The summed E-state index contributed by atoms with van der Waals surface area (Å²) in [5.74, 6) is -1.68. The van der Waals surface area contributed by atoms with Crippen molar-refractivity contribution < 1.29 is 24.9 Å². The van der Waals surface area contributed by atoms with Gasteiger partial charge in [0, 0.05) is 31.3 Å². The van der Waals surface area contributed by atoms with Crippen LogP contribution in [-0.2, 0) is 16.0 Å². The lowest BCUT2D eigenvalue weighted by Crippen LogP contribution is -2.40. The summed E-state index contributed by atoms with van der Waals surface area (Å²) in [6, 6.07) is 10.8. The topological polar surface area (TPSA) is 98.1 Å². The Balaban J connectivity index is 1.20. The summed E-state index contributed by atoms with van der Waals surface area (Å²) in [4.78, 5) is 26.5. The molecule has 0 aliphatic heterocycles. The second-order valence-corrected chi connectivity index (χ2v) is 17.0. The Bertz CT molecular complexity index is 1190. The summed E-state index contributed by atoms with van der Waals surface area (Å²) in [5, 5.41) is 31.1. The molecule has 1 unspecified atom stereocenters. The van der Waals surface area contributed by atoms with Crippen LogP contribution in [0.4, 0.5) is 0 Å². The van der Waals surface area contributed by atoms with E-state index in [0.29, 0.717) is 38.6 Å². The summed E-state index contributed by atoms with van der Waals surface area (Å²) in [6.07, 6.45) is 32.3. The number of halogens is 1. The number of amides is 1. The fraction of sp³-hybridized carbons (Fsp3) is 0.739. The van der Waals surface area contributed by atoms with Crippen LogP contribution in [0.15, 0.2) is 54.6 Å². The van der Waals surface area contributed by atoms with Gasteiger partial charge >= 0.3 is 5.97 Å². The van der Waals surface area contributed by atoms with Gasteiger partial charge in [0.15, 0.2) is 0 Å². The summed E-state index contributed by atoms with van der Waals surface area (Å²) in [7, 11) is 1.80. The van der Waals surface area contributed by atoms with Gasteiger partial charge in [-0.05, 0) is 87.5 Å². The van der Waals surface area contributed by atoms with Crippen molar-refractivity contribution in [3.05, 3.63) is 60.2 Å². The Hall–Kier alpha value is -2.15. The van der Waals surface area contributed by atoms with Crippen molar-refractivity contribution >= 4 is 23.5 Å². The lowest BCUT2D eigenvalue weighted by atomic mass is 9.63. The highest BCUT2D eigenvalue weighted by Crippen LogP contribution is 2.48. The van der Waals surface area contributed by atoms with Crippen LogP contribution in [0.2, 0.25) is 0 Å². The molecule has 0 bridgehead atoms. The highest BCUT2D eigenvalue weighted by molar-refractivity contribution is 6.21. The smallest absolute Gasteiger partial charge is 0.307 e. The average molecular weight is 757 g/mol. The van der Waals surface area contributed by atoms with Gasteiger partial charge in [-0.15, -0.1) is 11.6 Å². The second kappa shape index (κ2) is 25.8. The largest absolute Gasteiger partial charge is 0.481 e. The van der Waals surface area contributed by atoms with Gasteiger partial charge in [-0.25, -0.2) is 0 Å². The van der Waals surface area contributed by atoms with Gasteiger partial charge in [0.2, 0.25) is 5.91 Å². The quantitative estimate of drug-likeness (QED) is 0.0430. The number of carboxylic acids is 1. The number of carbonyl (C=O) groups excluding carboxylic acids is 1. The number of aliphatic carboxylic acids is 1. The lowest BCUT2D eigenvalue weighted by molar-refractivity contribution is -0.145. The maximum absolute atomic E-state index is 12.9. The number of allylic oxidation sites excluding steroid dienone is 2. The van der Waals surface area contributed by atoms with E-state index >= 15 is 0 Å². The molecule has 0 radical (unpaired) electrons. The first-order valence-electron chi connectivity index (χ1n) is 21.5. The normalized spacial score (nSPS) is 22.3. The van der Waals surface area contributed by atoms with Crippen molar-refractivity contribution in [1.29, 1.82) is 0 Å². The molecular weight excluding hydrogens is 682 g/mol. The van der Waals surface area contributed by atoms with Crippen molar-refractivity contribution in [3.63, 3.8) is 0 Å². The predicted octanol–water partition coefficient (Wildman–Crippen LogP) is 11.1. The van der Waals surface area contributed by atoms with E-state index in [-0.39, 0.29) is 41.1 Å². The Morgan fingerprint density at radius 3 is 2.08 bits per heavy atom. The molecule has 0 heterocycles. The summed E-state index contributed by atoms with van der Waals surface area (Å²) in [6.45, 7) is 2.84. The number of hydrogen-bond acceptors (Lipinski definition) is 4. The highest BCUT2D eigenvalue weighted by Gasteiger charge is 2.42. The van der Waals surface area contributed by atoms with E-state index < -0.39 is 18.0 Å². The number of carbonyl (C=O) groups is 2. The molecule has 1 aromatic carbocycles. The minimum atomic E-state index is -0.919. The van der Waals surface area contributed by atoms with Crippen LogP contribution < -0.4 is 0 Å². The van der Waals surface area contributed by atoms with Crippen LogP contribution >= 0.6 is 11.6 Å². The van der Waals surface area contributed by atoms with E-state index in [1.54, 1.807) is 11.9 Å². The SMILES string of the molecule is CCC1([C@@H](O)C/C=C/[C@@H]2[C@@H](C/C=C\CCC(CC(=O)N(C)CCCCCCCCCCCCCCCc3ccccc3)C(=O)O)[C@H](Cl)C[C@H]2O)CCC1. The molecule has 1 amide bonds. The minimum Gasteiger partial charge on any atom is -0.481 e. The molecule has 0 spiro atoms. The molecule has 0 aromatic heterocycles. The molecule has 3 rings (SSSR count). The van der Waals surface area contributed by atoms with Crippen molar-refractivity contribution in [3.8, 4) is 0 Å². The Kier molecular flexibility index (Phi) is 22.1. The molecule has 2 aliphatic rings. The molecule has 2 aliphatic carbocycles. The van der Waals surface area contributed by atoms with Gasteiger partial charge in [0.25, 0.3) is 0 Å². The zero-order valence-electron chi connectivity index (χ0n) is 33.3. The van der Waals surface area contributed by atoms with E-state index in [4.69, 9.17) is 11.6 Å². The van der Waals surface area contributed by atoms with Crippen LogP contribution in [0.1, 0.15) is 160 Å². The molecule has 53 heavy (non-hydrogen) atoms. The van der Waals surface area contributed by atoms with Crippen LogP contribution in [0.25, 0.3) is 0 Å². The van der Waals surface area contributed by atoms with Gasteiger partial charge in [0.05, 0.1) is 18.1 Å². The Morgan fingerprint density at radius 2 is 1.51 bits per heavy atom. The van der Waals surface area contributed by atoms with Gasteiger partial charge < -0.3 is 20.2 Å². The van der Waals surface area contributed by atoms with E-state index in [0.717, 1.165) is 32.1 Å². The number of benzene rings is 1. The third-order valence-electron chi connectivity index (χ3n) is 12.6. The molecule has 2 saturated carbocycles. The van der Waals surface area contributed by atoms with Crippen molar-refractivity contribution in [2.24, 2.45) is 23.2 Å². The molecule has 2 fully saturated rings. The van der Waals surface area contributed by atoms with Crippen molar-refractivity contribution in [2.45, 2.75) is 179 Å². The summed E-state index contributed by atoms with van der Waals surface area (Å²) in [5.41, 5.74) is 1.52. The predicted molar refractivity (Wildman–Crippen MR) is 220 cm³/mol. The van der Waals surface area contributed by atoms with Gasteiger partial charge in [-0.2, -0.15) is 0 Å². The molecule has 1 aromatic rings. The van der Waals surface area contributed by atoms with Gasteiger partial charge in [0.1, 0.15) is 0 Å². The first-order valence-corrected chi connectivity index (χ1v) is 21.9. The van der Waals surface area contributed by atoms with E-state index in [1.165, 1.54) is 89.0 Å². The maximum Gasteiger partial charge on any atom is 0.307 e. The fourth-order valence-corrected chi connectivity index (χ4v) is 9.03. The third-order valence-corrected chi connectivity index (χ3v) is 13.1. The van der Waals surface area contributed by atoms with Crippen LogP contribution in [0.5, 0.6) is 0 Å². The highest BCUT2D eigenvalue weighted by atomic mass is 35.5. The number of rotatable bonds is 29. The molecule has 300 valence electrons. The third kappa shape index (κ3) is 16.6. The molecule has 0 saturated heterocycles. The molecular formula is C46H74ClNO5. The fourth-order valence-electron chi connectivity index (χ4n) is 8.57. The number of hydrogen-bond donors (Lipinski definition) is 3. The van der Waals surface area contributed by atoms with Crippen molar-refractivity contribution in [2.75, 3.05) is 13.6 Å². The van der Waals surface area contributed by atoms with E-state index in [9.17, 15) is 24.9 Å². The zero-order valence-corrected chi connectivity index (χ0v) is 34.1. The number of aliphatic hydroxyl groups is 2. The number of carboxylic acid groups (broad SMARTS) is 1. The van der Waals surface area contributed by atoms with Gasteiger partial charge in [-0.1, -0.05) is 139 Å². The standard InChI is InChI=1S/C46H74ClNO5/c1-3-46(32-24-33-46)43(50)31-23-30-40-39(41(47)36-42(40)49)29-21-16-20-28-38(45(52)53)35-44(51)48(2)34-22-14-12-10-8-6-4-5-7-9-11-13-17-25-37-26-18-15-19-27-37/h15-16,18-19,21,23,26-27,30,38-43,49-50H,3-14,17,20,22,24-25,28-29,31-36H2,1-2H3,(H,52,53)/b21-16-,30-23+/t38?,39-,40-,41-,42-,43+/m1/s1. The number of alkyl halides is 1. The van der Waals surface area contributed by atoms with E-state index in [1.807, 2.05) is 12.2 Å². The summed E-state index contributed by atoms with van der Waals surface area (Å²) >= 11 is 6.65. The first-order chi connectivity index (χ1) is 25.7. The second-order valence-electron chi connectivity index (χ2n) is 16.5. The molecule has 3 N–H and O–H groups in total. The summed E-state index contributed by atoms with van der Waals surface area (Å²) < 4.78 is 0.